The molecule has 0 atom stereocenters. The Morgan fingerprint density at radius 3 is 2.79 bits per heavy atom. The topological polar surface area (TPSA) is 83.8 Å². The van der Waals surface area contributed by atoms with E-state index in [1.54, 1.807) is 18.2 Å². The molecule has 3 aromatic rings. The van der Waals surface area contributed by atoms with Crippen LogP contribution < -0.4 is 5.32 Å². The quantitative estimate of drug-likeness (QED) is 0.505. The molecule has 0 aliphatic rings. The summed E-state index contributed by atoms with van der Waals surface area (Å²) < 4.78 is 7.00. The van der Waals surface area contributed by atoms with Crippen LogP contribution in [-0.4, -0.2) is 15.7 Å². The van der Waals surface area contributed by atoms with E-state index in [-0.39, 0.29) is 12.1 Å². The van der Waals surface area contributed by atoms with Crippen LogP contribution in [-0.2, 0) is 17.9 Å². The van der Waals surface area contributed by atoms with Crippen LogP contribution in [0.5, 0.6) is 0 Å². The first-order valence-corrected chi connectivity index (χ1v) is 9.07. The van der Waals surface area contributed by atoms with Crippen molar-refractivity contribution in [2.45, 2.75) is 26.9 Å². The van der Waals surface area contributed by atoms with Crippen molar-refractivity contribution in [3.05, 3.63) is 81.5 Å². The van der Waals surface area contributed by atoms with Crippen LogP contribution in [0.15, 0.2) is 52.7 Å². The fraction of sp³-hybridized carbons (Fsp3) is 0.190. The summed E-state index contributed by atoms with van der Waals surface area (Å²) in [5, 5.41) is 17.3. The number of furan rings is 1. The molecule has 0 fully saturated rings. The van der Waals surface area contributed by atoms with E-state index in [1.807, 2.05) is 48.9 Å². The van der Waals surface area contributed by atoms with Gasteiger partial charge in [-0.2, -0.15) is 10.4 Å². The van der Waals surface area contributed by atoms with Crippen LogP contribution >= 0.6 is 11.6 Å². The minimum absolute atomic E-state index is 0.00931. The maximum absolute atomic E-state index is 12.4. The van der Waals surface area contributed by atoms with Gasteiger partial charge < -0.3 is 9.73 Å². The highest BCUT2D eigenvalue weighted by Crippen LogP contribution is 2.21. The van der Waals surface area contributed by atoms with Gasteiger partial charge in [0, 0.05) is 16.3 Å². The van der Waals surface area contributed by atoms with Crippen molar-refractivity contribution in [2.24, 2.45) is 0 Å². The molecule has 0 saturated heterocycles. The fourth-order valence-corrected chi connectivity index (χ4v) is 3.03. The number of rotatable bonds is 6. The summed E-state index contributed by atoms with van der Waals surface area (Å²) in [4.78, 5) is 12.4. The van der Waals surface area contributed by atoms with Crippen LogP contribution in [0.4, 0.5) is 0 Å². The first-order valence-electron chi connectivity index (χ1n) is 8.69. The zero-order valence-electron chi connectivity index (χ0n) is 15.6. The van der Waals surface area contributed by atoms with Crippen LogP contribution in [0.2, 0.25) is 5.02 Å². The molecule has 7 heteroatoms. The first kappa shape index (κ1) is 19.5. The van der Waals surface area contributed by atoms with E-state index in [9.17, 15) is 10.1 Å². The van der Waals surface area contributed by atoms with Crippen molar-refractivity contribution >= 4 is 23.6 Å². The molecular formula is C21H19ClN4O2. The fourth-order valence-electron chi connectivity index (χ4n) is 2.83. The van der Waals surface area contributed by atoms with Gasteiger partial charge in [0.1, 0.15) is 17.4 Å². The summed E-state index contributed by atoms with van der Waals surface area (Å²) in [5.41, 5.74) is 3.29. The van der Waals surface area contributed by atoms with Gasteiger partial charge in [-0.15, -0.1) is 0 Å². The molecule has 3 rings (SSSR count). The molecule has 142 valence electrons. The monoisotopic (exact) mass is 394 g/mol. The highest BCUT2D eigenvalue weighted by atomic mass is 35.5. The molecule has 0 radical (unpaired) electrons. The lowest BCUT2D eigenvalue weighted by atomic mass is 10.1. The van der Waals surface area contributed by atoms with Crippen LogP contribution in [0, 0.1) is 25.2 Å². The van der Waals surface area contributed by atoms with Gasteiger partial charge in [-0.3, -0.25) is 9.48 Å². The lowest BCUT2D eigenvalue weighted by molar-refractivity contribution is -0.117. The van der Waals surface area contributed by atoms with Gasteiger partial charge in [0.25, 0.3) is 5.91 Å². The number of aromatic nitrogens is 2. The number of carbonyl (C=O) groups excluding carboxylic acids is 1. The maximum Gasteiger partial charge on any atom is 0.262 e. The van der Waals surface area contributed by atoms with E-state index in [1.165, 1.54) is 6.26 Å². The Balaban J connectivity index is 1.81. The lowest BCUT2D eigenvalue weighted by Crippen LogP contribution is -2.23. The third-order valence-electron chi connectivity index (χ3n) is 4.37. The summed E-state index contributed by atoms with van der Waals surface area (Å²) in [6.07, 6.45) is 3.10. The van der Waals surface area contributed by atoms with Crippen LogP contribution in [0.1, 0.15) is 28.3 Å². The minimum Gasteiger partial charge on any atom is -0.467 e. The number of hydrogen-bond donors (Lipinski definition) is 1. The summed E-state index contributed by atoms with van der Waals surface area (Å²) in [6.45, 7) is 4.47. The zero-order valence-corrected chi connectivity index (χ0v) is 16.3. The van der Waals surface area contributed by atoms with Gasteiger partial charge in [-0.05, 0) is 43.7 Å². The molecule has 28 heavy (non-hydrogen) atoms. The van der Waals surface area contributed by atoms with E-state index in [2.05, 4.69) is 10.4 Å². The van der Waals surface area contributed by atoms with Gasteiger partial charge in [0.2, 0.25) is 0 Å². The Morgan fingerprint density at radius 2 is 2.11 bits per heavy atom. The number of nitriles is 1. The molecule has 2 aromatic heterocycles. The van der Waals surface area contributed by atoms with Gasteiger partial charge in [0.05, 0.1) is 25.0 Å². The molecular weight excluding hydrogens is 376 g/mol. The molecule has 0 aliphatic carbocycles. The summed E-state index contributed by atoms with van der Waals surface area (Å²) >= 11 is 6.24. The molecule has 2 heterocycles. The predicted molar refractivity (Wildman–Crippen MR) is 106 cm³/mol. The Labute approximate surface area is 168 Å². The minimum atomic E-state index is -0.462. The van der Waals surface area contributed by atoms with Crippen molar-refractivity contribution in [1.82, 2.24) is 15.1 Å². The molecule has 0 unspecified atom stereocenters. The number of halogens is 1. The molecule has 6 nitrogen and oxygen atoms in total. The molecule has 0 spiro atoms. The molecule has 1 amide bonds. The van der Waals surface area contributed by atoms with Crippen LogP contribution in [0.3, 0.4) is 0 Å². The predicted octanol–water partition coefficient (Wildman–Crippen LogP) is 4.02. The van der Waals surface area contributed by atoms with E-state index < -0.39 is 5.91 Å². The number of benzene rings is 1. The van der Waals surface area contributed by atoms with Gasteiger partial charge in [0.15, 0.2) is 0 Å². The summed E-state index contributed by atoms with van der Waals surface area (Å²) in [6, 6.07) is 13.0. The third kappa shape index (κ3) is 4.33. The van der Waals surface area contributed by atoms with E-state index in [4.69, 9.17) is 16.0 Å². The third-order valence-corrected chi connectivity index (χ3v) is 4.74. The van der Waals surface area contributed by atoms with Gasteiger partial charge in [-0.25, -0.2) is 0 Å². The Bertz CT molecular complexity index is 1060. The summed E-state index contributed by atoms with van der Waals surface area (Å²) in [5.74, 6) is 0.155. The number of nitrogens with zero attached hydrogens (tertiary/aromatic N) is 3. The Hall–Kier alpha value is -3.30. The lowest BCUT2D eigenvalue weighted by Gasteiger charge is -2.07. The van der Waals surface area contributed by atoms with Crippen LogP contribution in [0.25, 0.3) is 6.08 Å². The molecule has 0 bridgehead atoms. The van der Waals surface area contributed by atoms with Gasteiger partial charge >= 0.3 is 0 Å². The zero-order chi connectivity index (χ0) is 20.1. The van der Waals surface area contributed by atoms with E-state index in [0.717, 1.165) is 22.5 Å². The number of amides is 1. The number of carbonyl (C=O) groups is 1. The molecule has 1 aromatic carbocycles. The smallest absolute Gasteiger partial charge is 0.262 e. The van der Waals surface area contributed by atoms with E-state index >= 15 is 0 Å². The van der Waals surface area contributed by atoms with Crippen molar-refractivity contribution in [2.75, 3.05) is 0 Å². The molecule has 0 aliphatic heterocycles. The second kappa shape index (κ2) is 8.59. The molecule has 0 saturated carbocycles. The average molecular weight is 395 g/mol. The number of nitrogens with one attached hydrogen (secondary N) is 1. The Kier molecular flexibility index (Phi) is 5.97. The second-order valence-corrected chi connectivity index (χ2v) is 6.67. The first-order chi connectivity index (χ1) is 13.5. The van der Waals surface area contributed by atoms with E-state index in [0.29, 0.717) is 17.3 Å². The summed E-state index contributed by atoms with van der Waals surface area (Å²) in [7, 11) is 0. The number of aryl methyl sites for hydroxylation is 1. The second-order valence-electron chi connectivity index (χ2n) is 6.27. The molecule has 1 N–H and O–H groups in total. The standard InChI is InChI=1S/C21H19ClN4O2/c1-14-19(10-17(11-23)21(27)24-12-18-7-5-9-28-18)15(2)26(25-14)13-16-6-3-4-8-20(16)22/h3-10H,12-13H2,1-2H3,(H,24,27)/b17-10+. The van der Waals surface area contributed by atoms with Crippen molar-refractivity contribution < 1.29 is 9.21 Å². The van der Waals surface area contributed by atoms with Crippen molar-refractivity contribution in [3.8, 4) is 6.07 Å². The van der Waals surface area contributed by atoms with Crippen molar-refractivity contribution in [3.63, 3.8) is 0 Å². The normalized spacial score (nSPS) is 11.3. The highest BCUT2D eigenvalue weighted by Gasteiger charge is 2.15. The Morgan fingerprint density at radius 1 is 1.32 bits per heavy atom. The SMILES string of the molecule is Cc1nn(Cc2ccccc2Cl)c(C)c1/C=C(\C#N)C(=O)NCc1ccco1. The average Bonchev–Trinajstić information content (AvgIpc) is 3.29. The largest absolute Gasteiger partial charge is 0.467 e. The number of hydrogen-bond acceptors (Lipinski definition) is 4. The van der Waals surface area contributed by atoms with Gasteiger partial charge in [-0.1, -0.05) is 29.8 Å². The highest BCUT2D eigenvalue weighted by molar-refractivity contribution is 6.31. The maximum atomic E-state index is 12.4. The van der Waals surface area contributed by atoms with Crippen molar-refractivity contribution in [1.29, 1.82) is 5.26 Å².